The third-order valence-electron chi connectivity index (χ3n) is 3.59. The fourth-order valence-electron chi connectivity index (χ4n) is 2.47. The molecule has 1 heterocycles. The van der Waals surface area contributed by atoms with Gasteiger partial charge in [-0.1, -0.05) is 48.9 Å². The lowest BCUT2D eigenvalue weighted by atomic mass is 10.1. The van der Waals surface area contributed by atoms with Gasteiger partial charge in [-0.05, 0) is 25.0 Å². The fraction of sp³-hybridized carbons (Fsp3) is 0.533. The van der Waals surface area contributed by atoms with Crippen molar-refractivity contribution in [3.05, 3.63) is 28.0 Å². The highest BCUT2D eigenvalue weighted by molar-refractivity contribution is 6.34. The summed E-state index contributed by atoms with van der Waals surface area (Å²) in [5.41, 5.74) is 0.0910. The molecular weight excluding hydrogens is 327 g/mol. The van der Waals surface area contributed by atoms with Gasteiger partial charge in [0.2, 0.25) is 0 Å². The number of nitrogens with one attached hydrogen (secondary N) is 1. The van der Waals surface area contributed by atoms with Gasteiger partial charge >= 0.3 is 5.97 Å². The topological polar surface area (TPSA) is 68.3 Å². The zero-order valence-corrected chi connectivity index (χ0v) is 13.6. The van der Waals surface area contributed by atoms with Crippen LogP contribution in [0.5, 0.6) is 0 Å². The maximum Gasteiger partial charge on any atom is 0.341 e. The largest absolute Gasteiger partial charge is 0.452 e. The van der Waals surface area contributed by atoms with Crippen molar-refractivity contribution in [2.75, 3.05) is 6.61 Å². The van der Waals surface area contributed by atoms with Crippen molar-refractivity contribution in [2.24, 2.45) is 0 Å². The second-order valence-electron chi connectivity index (χ2n) is 5.30. The zero-order chi connectivity index (χ0) is 15.9. The Kier molecular flexibility index (Phi) is 6.46. The first-order valence-corrected chi connectivity index (χ1v) is 8.10. The van der Waals surface area contributed by atoms with Gasteiger partial charge in [0.15, 0.2) is 6.61 Å². The maximum absolute atomic E-state index is 11.9. The number of hydrogen-bond donors (Lipinski definition) is 1. The van der Waals surface area contributed by atoms with Crippen LogP contribution in [0.15, 0.2) is 12.1 Å². The van der Waals surface area contributed by atoms with Crippen LogP contribution in [0.4, 0.5) is 0 Å². The third-order valence-corrected chi connectivity index (χ3v) is 4.09. The number of carbonyl (C=O) groups is 2. The summed E-state index contributed by atoms with van der Waals surface area (Å²) >= 11 is 11.5. The summed E-state index contributed by atoms with van der Waals surface area (Å²) in [5.74, 6) is -0.983. The summed E-state index contributed by atoms with van der Waals surface area (Å²) in [7, 11) is 0. The van der Waals surface area contributed by atoms with Gasteiger partial charge < -0.3 is 10.1 Å². The summed E-state index contributed by atoms with van der Waals surface area (Å²) in [5, 5.41) is 3.05. The molecule has 1 aromatic rings. The normalized spacial score (nSPS) is 15.9. The van der Waals surface area contributed by atoms with Gasteiger partial charge in [0, 0.05) is 6.04 Å². The van der Waals surface area contributed by atoms with E-state index in [0.717, 1.165) is 25.7 Å². The van der Waals surface area contributed by atoms with Crippen LogP contribution in [0.3, 0.4) is 0 Å². The Morgan fingerprint density at radius 1 is 1.18 bits per heavy atom. The van der Waals surface area contributed by atoms with Crippen molar-refractivity contribution >= 4 is 35.1 Å². The Balaban J connectivity index is 1.81. The van der Waals surface area contributed by atoms with E-state index in [-0.39, 0.29) is 34.4 Å². The van der Waals surface area contributed by atoms with Crippen LogP contribution in [0.2, 0.25) is 10.3 Å². The van der Waals surface area contributed by atoms with Crippen molar-refractivity contribution in [3.8, 4) is 0 Å². The van der Waals surface area contributed by atoms with Crippen LogP contribution in [0, 0.1) is 0 Å². The summed E-state index contributed by atoms with van der Waals surface area (Å²) in [6, 6.07) is 3.04. The number of aromatic nitrogens is 1. The Bertz CT molecular complexity index is 544. The summed E-state index contributed by atoms with van der Waals surface area (Å²) in [4.78, 5) is 27.5. The molecule has 1 amide bonds. The molecule has 22 heavy (non-hydrogen) atoms. The second-order valence-corrected chi connectivity index (χ2v) is 6.05. The van der Waals surface area contributed by atoms with Crippen LogP contribution < -0.4 is 5.32 Å². The third kappa shape index (κ3) is 5.14. The number of pyridine rings is 1. The Hall–Kier alpha value is -1.33. The molecule has 0 spiro atoms. The van der Waals surface area contributed by atoms with E-state index in [9.17, 15) is 9.59 Å². The van der Waals surface area contributed by atoms with E-state index >= 15 is 0 Å². The van der Waals surface area contributed by atoms with Crippen LogP contribution in [0.25, 0.3) is 0 Å². The molecule has 0 atom stereocenters. The van der Waals surface area contributed by atoms with E-state index in [4.69, 9.17) is 27.9 Å². The maximum atomic E-state index is 11.9. The van der Waals surface area contributed by atoms with Gasteiger partial charge in [-0.15, -0.1) is 0 Å². The molecule has 5 nitrogen and oxygen atoms in total. The number of esters is 1. The standard InChI is InChI=1S/C15H18Cl2N2O3/c16-12-8-7-11(14(17)19-12)15(21)22-9-13(20)18-10-5-3-1-2-4-6-10/h7-8,10H,1-6,9H2,(H,18,20). The Labute approximate surface area is 139 Å². The molecule has 1 aliphatic carbocycles. The lowest BCUT2D eigenvalue weighted by Gasteiger charge is -2.16. The molecule has 0 saturated heterocycles. The minimum atomic E-state index is -0.690. The average molecular weight is 345 g/mol. The van der Waals surface area contributed by atoms with Crippen LogP contribution in [-0.4, -0.2) is 29.5 Å². The number of ether oxygens (including phenoxy) is 1. The van der Waals surface area contributed by atoms with E-state index in [1.807, 2.05) is 0 Å². The number of carbonyl (C=O) groups excluding carboxylic acids is 2. The Morgan fingerprint density at radius 2 is 1.86 bits per heavy atom. The predicted molar refractivity (Wildman–Crippen MR) is 84.2 cm³/mol. The number of rotatable bonds is 4. The molecule has 120 valence electrons. The fourth-order valence-corrected chi connectivity index (χ4v) is 2.89. The molecule has 1 fully saturated rings. The van der Waals surface area contributed by atoms with E-state index in [0.29, 0.717) is 0 Å². The molecule has 1 aromatic heterocycles. The Morgan fingerprint density at radius 3 is 2.50 bits per heavy atom. The van der Waals surface area contributed by atoms with Crippen LogP contribution in [-0.2, 0) is 9.53 Å². The van der Waals surface area contributed by atoms with Gasteiger partial charge in [-0.2, -0.15) is 0 Å². The monoisotopic (exact) mass is 344 g/mol. The molecule has 7 heteroatoms. The van der Waals surface area contributed by atoms with Crippen molar-refractivity contribution in [1.29, 1.82) is 0 Å². The molecule has 0 aromatic carbocycles. The van der Waals surface area contributed by atoms with Crippen molar-refractivity contribution in [2.45, 2.75) is 44.6 Å². The highest BCUT2D eigenvalue weighted by Gasteiger charge is 2.18. The molecule has 0 bridgehead atoms. The molecule has 0 unspecified atom stereocenters. The summed E-state index contributed by atoms with van der Waals surface area (Å²) in [6.07, 6.45) is 6.62. The van der Waals surface area contributed by atoms with Gasteiger partial charge in [0.1, 0.15) is 10.3 Å². The van der Waals surface area contributed by atoms with Crippen LogP contribution in [0.1, 0.15) is 48.9 Å². The van der Waals surface area contributed by atoms with Crippen molar-refractivity contribution < 1.29 is 14.3 Å². The first-order valence-electron chi connectivity index (χ1n) is 7.35. The lowest BCUT2D eigenvalue weighted by molar-refractivity contribution is -0.125. The average Bonchev–Trinajstić information content (AvgIpc) is 2.73. The smallest absolute Gasteiger partial charge is 0.341 e. The lowest BCUT2D eigenvalue weighted by Crippen LogP contribution is -2.37. The highest BCUT2D eigenvalue weighted by Crippen LogP contribution is 2.18. The number of nitrogens with zero attached hydrogens (tertiary/aromatic N) is 1. The first kappa shape index (κ1) is 17.0. The van der Waals surface area contributed by atoms with E-state index in [2.05, 4.69) is 10.3 Å². The van der Waals surface area contributed by atoms with Gasteiger partial charge in [-0.25, -0.2) is 9.78 Å². The first-order chi connectivity index (χ1) is 10.6. The molecule has 1 aliphatic rings. The SMILES string of the molecule is O=C(COC(=O)c1ccc(Cl)nc1Cl)NC1CCCCCC1. The van der Waals surface area contributed by atoms with Crippen molar-refractivity contribution in [3.63, 3.8) is 0 Å². The molecule has 1 N–H and O–H groups in total. The van der Waals surface area contributed by atoms with Gasteiger partial charge in [-0.3, -0.25) is 4.79 Å². The summed E-state index contributed by atoms with van der Waals surface area (Å²) < 4.78 is 4.96. The predicted octanol–water partition coefficient (Wildman–Crippen LogP) is 3.38. The molecule has 1 saturated carbocycles. The minimum absolute atomic E-state index is 0.0401. The number of amides is 1. The number of hydrogen-bond acceptors (Lipinski definition) is 4. The molecule has 0 radical (unpaired) electrons. The molecule has 2 rings (SSSR count). The minimum Gasteiger partial charge on any atom is -0.452 e. The van der Waals surface area contributed by atoms with E-state index in [1.165, 1.54) is 25.0 Å². The van der Waals surface area contributed by atoms with Crippen LogP contribution >= 0.6 is 23.2 Å². The second kappa shape index (κ2) is 8.34. The van der Waals surface area contributed by atoms with E-state index in [1.54, 1.807) is 0 Å². The molecule has 0 aliphatic heterocycles. The van der Waals surface area contributed by atoms with E-state index < -0.39 is 5.97 Å². The quantitative estimate of drug-likeness (QED) is 0.516. The van der Waals surface area contributed by atoms with Gasteiger partial charge in [0.05, 0.1) is 5.56 Å². The molecular formula is C15H18Cl2N2O3. The van der Waals surface area contributed by atoms with Crippen molar-refractivity contribution in [1.82, 2.24) is 10.3 Å². The van der Waals surface area contributed by atoms with Gasteiger partial charge in [0.25, 0.3) is 5.91 Å². The highest BCUT2D eigenvalue weighted by atomic mass is 35.5. The summed E-state index contributed by atoms with van der Waals surface area (Å²) in [6.45, 7) is -0.325. The number of halogens is 2. The zero-order valence-electron chi connectivity index (χ0n) is 12.1.